The highest BCUT2D eigenvalue weighted by Crippen LogP contribution is 2.44. The van der Waals surface area contributed by atoms with Crippen LogP contribution in [0.3, 0.4) is 0 Å². The number of nitrogens with zero attached hydrogens (tertiary/aromatic N) is 12. The van der Waals surface area contributed by atoms with E-state index in [1.807, 2.05) is 64.5 Å². The van der Waals surface area contributed by atoms with Crippen molar-refractivity contribution in [3.63, 3.8) is 0 Å². The standard InChI is InChI=1S/C17H17N5O3S.2C16H17N5O2S/c1-25-16(24)9-5-10(6-9)22-14-11(13(21-22)15(18)23)4-3-8-7-19-17(26-2)20-12(8)14;2*1-24-16-18-6-9-2-3-11-13(15(17)23)20-21(14(11)12(9)19-16)10-4-8(5-10)7-22/h3-4,7,9-10H,5-6H2,1-2H3,(H2,18,23);2*2-3,6,8,10,22H,4-5,7H2,1H3,(H2,17,23). The van der Waals surface area contributed by atoms with Crippen LogP contribution in [-0.2, 0) is 9.53 Å². The number of primary amides is 3. The van der Waals surface area contributed by atoms with Gasteiger partial charge in [0.25, 0.3) is 17.7 Å². The average Bonchev–Trinajstić information content (AvgIpc) is 4.08. The van der Waals surface area contributed by atoms with E-state index < -0.39 is 17.7 Å². The number of thioether (sulfide) groups is 3. The first kappa shape index (κ1) is 50.5. The number of aliphatic hydroxyl groups excluding tert-OH is 2. The van der Waals surface area contributed by atoms with E-state index >= 15 is 0 Å². The molecule has 0 radical (unpaired) electrons. The van der Waals surface area contributed by atoms with Crippen LogP contribution < -0.4 is 17.2 Å². The molecule has 22 nitrogen and oxygen atoms in total. The predicted octanol–water partition coefficient (Wildman–Crippen LogP) is 5.41. The summed E-state index contributed by atoms with van der Waals surface area (Å²) >= 11 is 4.38. The maximum absolute atomic E-state index is 11.9. The van der Waals surface area contributed by atoms with Crippen molar-refractivity contribution in [2.24, 2.45) is 35.0 Å². The van der Waals surface area contributed by atoms with E-state index in [0.717, 1.165) is 74.9 Å². The highest BCUT2D eigenvalue weighted by atomic mass is 32.2. The topological polar surface area (TPSA) is 327 Å². The molecule has 3 saturated carbocycles. The van der Waals surface area contributed by atoms with Gasteiger partial charge in [-0.2, -0.15) is 15.3 Å². The van der Waals surface area contributed by atoms with Crippen molar-refractivity contribution < 1.29 is 34.1 Å². The van der Waals surface area contributed by atoms with Crippen molar-refractivity contribution in [2.75, 3.05) is 39.1 Å². The van der Waals surface area contributed by atoms with Crippen LogP contribution in [0.4, 0.5) is 0 Å². The maximum Gasteiger partial charge on any atom is 0.308 e. The normalized spacial score (nSPS) is 20.1. The first-order chi connectivity index (χ1) is 35.8. The molecular formula is C49H51N15O7S3. The maximum atomic E-state index is 11.9. The van der Waals surface area contributed by atoms with Gasteiger partial charge in [-0.05, 0) is 87.3 Å². The van der Waals surface area contributed by atoms with Crippen LogP contribution >= 0.6 is 35.3 Å². The zero-order valence-electron chi connectivity index (χ0n) is 40.6. The molecule has 6 aromatic heterocycles. The van der Waals surface area contributed by atoms with Gasteiger partial charge in [0.05, 0.1) is 47.7 Å². The summed E-state index contributed by atoms with van der Waals surface area (Å²) in [5, 5.41) is 38.7. The van der Waals surface area contributed by atoms with Gasteiger partial charge in [-0.15, -0.1) is 0 Å². The van der Waals surface area contributed by atoms with E-state index in [1.54, 1.807) is 23.3 Å². The molecule has 25 heteroatoms. The van der Waals surface area contributed by atoms with Crippen molar-refractivity contribution in [1.29, 1.82) is 0 Å². The van der Waals surface area contributed by atoms with Crippen molar-refractivity contribution in [3.05, 3.63) is 72.1 Å². The Morgan fingerprint density at radius 1 is 0.541 bits per heavy atom. The number of fused-ring (bicyclic) bond motifs is 9. The Morgan fingerprint density at radius 2 is 0.851 bits per heavy atom. The molecule has 0 atom stereocenters. The van der Waals surface area contributed by atoms with E-state index in [0.29, 0.717) is 44.5 Å². The Labute approximate surface area is 434 Å². The largest absolute Gasteiger partial charge is 0.469 e. The van der Waals surface area contributed by atoms with Gasteiger partial charge in [-0.25, -0.2) is 29.9 Å². The number of benzene rings is 3. The number of amides is 3. The number of hydrogen-bond donors (Lipinski definition) is 5. The summed E-state index contributed by atoms with van der Waals surface area (Å²) in [6, 6.07) is 11.4. The molecule has 6 heterocycles. The Hall–Kier alpha value is -7.06. The van der Waals surface area contributed by atoms with Crippen LogP contribution in [0.1, 0.15) is 88.1 Å². The van der Waals surface area contributed by atoms with Gasteiger partial charge < -0.3 is 32.2 Å². The van der Waals surface area contributed by atoms with Crippen LogP contribution in [-0.4, -0.2) is 132 Å². The average molecular weight is 1060 g/mol. The van der Waals surface area contributed by atoms with Gasteiger partial charge in [0.2, 0.25) is 0 Å². The Balaban J connectivity index is 0.000000127. The molecule has 3 aromatic carbocycles. The quantitative estimate of drug-likeness (QED) is 0.0580. The monoisotopic (exact) mass is 1060 g/mol. The molecule has 3 amide bonds. The molecule has 0 unspecified atom stereocenters. The van der Waals surface area contributed by atoms with Gasteiger partial charge in [0.1, 0.15) is 16.6 Å². The van der Waals surface area contributed by atoms with Crippen molar-refractivity contribution >= 4 is 124 Å². The summed E-state index contributed by atoms with van der Waals surface area (Å²) in [4.78, 5) is 74.0. The highest BCUT2D eigenvalue weighted by molar-refractivity contribution is 7.98. The third-order valence-corrected chi connectivity index (χ3v) is 15.7. The minimum atomic E-state index is -0.587. The number of carbonyl (C=O) groups is 4. The minimum absolute atomic E-state index is 0.00649. The SMILES string of the molecule is COC(=O)C1CC(n2nc(C(N)=O)c3ccc4cnc(SC)nc4c32)C1.CSc1ncc2ccc3c(C(N)=O)nn(C4CC(CO)C4)c3c2n1.CSc1ncc2ccc3c(C(N)=O)nn(C4CC(CO)C4)c3c2n1. The van der Waals surface area contributed by atoms with Crippen molar-refractivity contribution in [1.82, 2.24) is 59.2 Å². The minimum Gasteiger partial charge on any atom is -0.469 e. The zero-order chi connectivity index (χ0) is 52.1. The molecule has 0 bridgehead atoms. The molecule has 382 valence electrons. The molecule has 3 aliphatic carbocycles. The number of esters is 1. The summed E-state index contributed by atoms with van der Waals surface area (Å²) in [5.41, 5.74) is 22.0. The summed E-state index contributed by atoms with van der Waals surface area (Å²) < 4.78 is 10.3. The molecule has 0 saturated heterocycles. The number of aliphatic hydroxyl groups is 2. The second-order valence-corrected chi connectivity index (χ2v) is 20.8. The lowest BCUT2D eigenvalue weighted by Gasteiger charge is -2.34. The summed E-state index contributed by atoms with van der Waals surface area (Å²) in [6.07, 6.45) is 15.6. The van der Waals surface area contributed by atoms with E-state index in [9.17, 15) is 29.4 Å². The Kier molecular flexibility index (Phi) is 14.1. The lowest BCUT2D eigenvalue weighted by molar-refractivity contribution is -0.149. The number of nitrogens with two attached hydrogens (primary N) is 3. The highest BCUT2D eigenvalue weighted by Gasteiger charge is 2.39. The second-order valence-electron chi connectivity index (χ2n) is 18.4. The summed E-state index contributed by atoms with van der Waals surface area (Å²) in [5.74, 6) is -1.46. The zero-order valence-corrected chi connectivity index (χ0v) is 43.0. The number of aromatic nitrogens is 12. The van der Waals surface area contributed by atoms with Gasteiger partial charge in [0.15, 0.2) is 32.6 Å². The smallest absolute Gasteiger partial charge is 0.308 e. The van der Waals surface area contributed by atoms with Gasteiger partial charge in [0, 0.05) is 64.1 Å². The third kappa shape index (κ3) is 9.09. The number of methoxy groups -OCH3 is 1. The first-order valence-corrected chi connectivity index (χ1v) is 27.3. The molecule has 3 fully saturated rings. The van der Waals surface area contributed by atoms with Crippen molar-refractivity contribution in [2.45, 2.75) is 72.1 Å². The molecule has 0 aliphatic heterocycles. The third-order valence-electron chi connectivity index (χ3n) is 14.1. The van der Waals surface area contributed by atoms with Gasteiger partial charge >= 0.3 is 5.97 Å². The predicted molar refractivity (Wildman–Crippen MR) is 281 cm³/mol. The fraction of sp³-hybridized carbons (Fsp3) is 0.367. The number of hydrogen-bond acceptors (Lipinski definition) is 19. The molecule has 3 aliphatic rings. The Bertz CT molecular complexity index is 3540. The van der Waals surface area contributed by atoms with Crippen LogP contribution in [0.5, 0.6) is 0 Å². The molecule has 8 N–H and O–H groups in total. The molecule has 0 spiro atoms. The molecule has 12 rings (SSSR count). The van der Waals surface area contributed by atoms with E-state index in [1.165, 1.54) is 42.4 Å². The second kappa shape index (κ2) is 20.7. The van der Waals surface area contributed by atoms with E-state index in [4.69, 9.17) is 21.9 Å². The Morgan fingerprint density at radius 3 is 1.12 bits per heavy atom. The number of ether oxygens (including phenoxy) is 1. The number of rotatable bonds is 12. The van der Waals surface area contributed by atoms with Crippen LogP contribution in [0, 0.1) is 17.8 Å². The van der Waals surface area contributed by atoms with Crippen LogP contribution in [0.25, 0.3) is 65.4 Å². The van der Waals surface area contributed by atoms with Gasteiger partial charge in [-0.1, -0.05) is 53.5 Å². The van der Waals surface area contributed by atoms with Gasteiger partial charge in [-0.3, -0.25) is 33.2 Å². The first-order valence-electron chi connectivity index (χ1n) is 23.6. The van der Waals surface area contributed by atoms with E-state index in [2.05, 4.69) is 45.2 Å². The lowest BCUT2D eigenvalue weighted by Crippen LogP contribution is -2.33. The van der Waals surface area contributed by atoms with E-state index in [-0.39, 0.29) is 72.1 Å². The molecular weight excluding hydrogens is 1010 g/mol. The summed E-state index contributed by atoms with van der Waals surface area (Å²) in [7, 11) is 1.39. The lowest BCUT2D eigenvalue weighted by atomic mass is 9.80. The molecule has 9 aromatic rings. The number of carbonyl (C=O) groups excluding carboxylic acids is 4. The fourth-order valence-corrected chi connectivity index (χ4v) is 11.0. The van der Waals surface area contributed by atoms with Crippen LogP contribution in [0.2, 0.25) is 0 Å². The van der Waals surface area contributed by atoms with Crippen LogP contribution in [0.15, 0.2) is 70.5 Å². The summed E-state index contributed by atoms with van der Waals surface area (Å²) in [6.45, 7) is 0.357. The van der Waals surface area contributed by atoms with Crippen molar-refractivity contribution in [3.8, 4) is 0 Å². The molecule has 74 heavy (non-hydrogen) atoms. The fourth-order valence-electron chi connectivity index (χ4n) is 9.98.